The molecule has 0 aromatic rings. The number of fused-ring (bicyclic) bond motifs is 1. The van der Waals surface area contributed by atoms with Crippen molar-refractivity contribution in [1.29, 1.82) is 0 Å². The zero-order chi connectivity index (χ0) is 16.3. The van der Waals surface area contributed by atoms with Crippen LogP contribution in [0.4, 0.5) is 4.79 Å². The fourth-order valence-electron chi connectivity index (χ4n) is 2.55. The van der Waals surface area contributed by atoms with Crippen LogP contribution in [0.2, 0.25) is 0 Å². The van der Waals surface area contributed by atoms with Crippen LogP contribution in [0.15, 0.2) is 4.99 Å². The quantitative estimate of drug-likeness (QED) is 0.793. The molecule has 7 nitrogen and oxygen atoms in total. The Balaban J connectivity index is 1.84. The third-order valence-corrected chi connectivity index (χ3v) is 3.78. The summed E-state index contributed by atoms with van der Waals surface area (Å²) in [6.45, 7) is 11.2. The molecule has 126 valence electrons. The number of carbonyl (C=O) groups is 1. The average Bonchev–Trinajstić information content (AvgIpc) is 2.85. The number of hydrogen-bond acceptors (Lipinski definition) is 6. The number of guanidine groups is 1. The van der Waals surface area contributed by atoms with Gasteiger partial charge in [0, 0.05) is 32.8 Å². The Hall–Kier alpha value is -1.50. The molecule has 0 aromatic carbocycles. The van der Waals surface area contributed by atoms with Crippen LogP contribution < -0.4 is 5.32 Å². The minimum atomic E-state index is -0.465. The third-order valence-electron chi connectivity index (χ3n) is 3.78. The molecule has 0 aliphatic carbocycles. The fourth-order valence-corrected chi connectivity index (χ4v) is 2.55. The van der Waals surface area contributed by atoms with Crippen molar-refractivity contribution in [3.63, 3.8) is 0 Å². The second kappa shape index (κ2) is 6.73. The summed E-state index contributed by atoms with van der Waals surface area (Å²) < 4.78 is 5.43. The summed E-state index contributed by atoms with van der Waals surface area (Å²) in [5, 5.41) is 12.4. The lowest BCUT2D eigenvalue weighted by Crippen LogP contribution is -2.57. The Morgan fingerprint density at radius 3 is 2.86 bits per heavy atom. The summed E-state index contributed by atoms with van der Waals surface area (Å²) in [4.78, 5) is 20.6. The van der Waals surface area contributed by atoms with Gasteiger partial charge in [-0.2, -0.15) is 0 Å². The maximum atomic E-state index is 12.1. The van der Waals surface area contributed by atoms with Gasteiger partial charge in [-0.05, 0) is 26.7 Å². The van der Waals surface area contributed by atoms with E-state index in [-0.39, 0.29) is 24.7 Å². The monoisotopic (exact) mass is 312 g/mol. The van der Waals surface area contributed by atoms with Crippen molar-refractivity contribution in [2.75, 3.05) is 39.3 Å². The van der Waals surface area contributed by atoms with Gasteiger partial charge in [0.05, 0.1) is 12.6 Å². The van der Waals surface area contributed by atoms with Crippen molar-refractivity contribution >= 4 is 12.1 Å². The van der Waals surface area contributed by atoms with Crippen molar-refractivity contribution in [3.05, 3.63) is 0 Å². The molecule has 2 unspecified atom stereocenters. The zero-order valence-electron chi connectivity index (χ0n) is 14.0. The highest BCUT2D eigenvalue weighted by Crippen LogP contribution is 2.18. The lowest BCUT2D eigenvalue weighted by Gasteiger charge is -2.39. The van der Waals surface area contributed by atoms with Crippen LogP contribution in [0, 0.1) is 5.92 Å². The van der Waals surface area contributed by atoms with E-state index in [2.05, 4.69) is 15.2 Å². The number of ether oxygens (including phenoxy) is 1. The number of carbonyl (C=O) groups excluding carboxylic acids is 1. The molecular weight excluding hydrogens is 284 g/mol. The molecule has 22 heavy (non-hydrogen) atoms. The Labute approximate surface area is 132 Å². The van der Waals surface area contributed by atoms with E-state index in [0.717, 1.165) is 12.5 Å². The fraction of sp³-hybridized carbons (Fsp3) is 0.867. The van der Waals surface area contributed by atoms with Gasteiger partial charge in [-0.25, -0.2) is 4.79 Å². The van der Waals surface area contributed by atoms with E-state index in [4.69, 9.17) is 9.84 Å². The maximum Gasteiger partial charge on any atom is 0.410 e. The van der Waals surface area contributed by atoms with Crippen LogP contribution in [0.1, 0.15) is 27.7 Å². The molecule has 1 amide bonds. The first-order chi connectivity index (χ1) is 10.3. The Bertz CT molecular complexity index is 433. The van der Waals surface area contributed by atoms with Crippen LogP contribution in [0.5, 0.6) is 0 Å². The number of aliphatic imine (C=N–C) groups is 1. The number of aliphatic hydroxyl groups excluding tert-OH is 1. The maximum absolute atomic E-state index is 12.1. The molecule has 2 aliphatic heterocycles. The molecule has 7 heteroatoms. The summed E-state index contributed by atoms with van der Waals surface area (Å²) in [5.41, 5.74) is -0.465. The Kier molecular flexibility index (Phi) is 5.16. The SMILES string of the molecule is CC(CO)CNC1=NCC2CN(C(=O)OC(C)(C)C)CCN12. The molecule has 0 bridgehead atoms. The third kappa shape index (κ3) is 4.25. The van der Waals surface area contributed by atoms with Gasteiger partial charge in [0.25, 0.3) is 0 Å². The van der Waals surface area contributed by atoms with Crippen LogP contribution in [-0.4, -0.2) is 77.9 Å². The lowest BCUT2D eigenvalue weighted by atomic mass is 10.2. The summed E-state index contributed by atoms with van der Waals surface area (Å²) in [6.07, 6.45) is -0.248. The normalized spacial score (nSPS) is 23.0. The number of hydrogen-bond donors (Lipinski definition) is 2. The smallest absolute Gasteiger partial charge is 0.410 e. The number of nitrogens with one attached hydrogen (secondary N) is 1. The van der Waals surface area contributed by atoms with Crippen molar-refractivity contribution in [3.8, 4) is 0 Å². The molecule has 0 radical (unpaired) electrons. The summed E-state index contributed by atoms with van der Waals surface area (Å²) in [6, 6.07) is 0.216. The molecule has 0 aromatic heterocycles. The largest absolute Gasteiger partial charge is 0.444 e. The number of amides is 1. The van der Waals surface area contributed by atoms with Gasteiger partial charge in [-0.3, -0.25) is 4.99 Å². The number of nitrogens with zero attached hydrogens (tertiary/aromatic N) is 3. The van der Waals surface area contributed by atoms with E-state index >= 15 is 0 Å². The minimum absolute atomic E-state index is 0.163. The van der Waals surface area contributed by atoms with Crippen LogP contribution in [0.3, 0.4) is 0 Å². The van der Waals surface area contributed by atoms with Gasteiger partial charge in [-0.1, -0.05) is 6.92 Å². The van der Waals surface area contributed by atoms with Gasteiger partial charge < -0.3 is 25.0 Å². The second-order valence-corrected chi connectivity index (χ2v) is 7.11. The predicted octanol–water partition coefficient (Wildman–Crippen LogP) is 0.495. The van der Waals surface area contributed by atoms with Gasteiger partial charge in [0.1, 0.15) is 5.60 Å². The molecule has 2 atom stereocenters. The van der Waals surface area contributed by atoms with Crippen molar-refractivity contribution in [2.24, 2.45) is 10.9 Å². The second-order valence-electron chi connectivity index (χ2n) is 7.11. The highest BCUT2D eigenvalue weighted by Gasteiger charge is 2.36. The summed E-state index contributed by atoms with van der Waals surface area (Å²) >= 11 is 0. The molecule has 1 fully saturated rings. The van der Waals surface area contributed by atoms with Crippen molar-refractivity contribution < 1.29 is 14.6 Å². The standard InChI is InChI=1S/C15H28N4O3/c1-11(10-20)7-16-13-17-8-12-9-18(5-6-19(12)13)14(21)22-15(2,3)4/h11-12,20H,5-10H2,1-4H3,(H,16,17). The molecule has 0 saturated carbocycles. The van der Waals surface area contributed by atoms with Crippen LogP contribution in [0.25, 0.3) is 0 Å². The average molecular weight is 312 g/mol. The van der Waals surface area contributed by atoms with E-state index in [9.17, 15) is 4.79 Å². The Morgan fingerprint density at radius 1 is 1.50 bits per heavy atom. The van der Waals surface area contributed by atoms with E-state index < -0.39 is 5.60 Å². The highest BCUT2D eigenvalue weighted by atomic mass is 16.6. The van der Waals surface area contributed by atoms with Crippen LogP contribution >= 0.6 is 0 Å². The number of piperazine rings is 1. The van der Waals surface area contributed by atoms with Gasteiger partial charge in [0.15, 0.2) is 5.96 Å². The Morgan fingerprint density at radius 2 is 2.23 bits per heavy atom. The van der Waals surface area contributed by atoms with E-state index in [1.807, 2.05) is 27.7 Å². The first-order valence-corrected chi connectivity index (χ1v) is 7.94. The summed E-state index contributed by atoms with van der Waals surface area (Å²) in [5.74, 6) is 1.08. The molecule has 0 spiro atoms. The molecule has 2 N–H and O–H groups in total. The predicted molar refractivity (Wildman–Crippen MR) is 84.9 cm³/mol. The first kappa shape index (κ1) is 16.9. The van der Waals surface area contributed by atoms with Crippen LogP contribution in [-0.2, 0) is 4.74 Å². The summed E-state index contributed by atoms with van der Waals surface area (Å²) in [7, 11) is 0. The van der Waals surface area contributed by atoms with Gasteiger partial charge in [0.2, 0.25) is 0 Å². The number of rotatable bonds is 3. The van der Waals surface area contributed by atoms with Crippen molar-refractivity contribution in [2.45, 2.75) is 39.3 Å². The van der Waals surface area contributed by atoms with Crippen molar-refractivity contribution in [1.82, 2.24) is 15.1 Å². The van der Waals surface area contributed by atoms with E-state index in [0.29, 0.717) is 26.2 Å². The molecule has 2 aliphatic rings. The molecular formula is C15H28N4O3. The lowest BCUT2D eigenvalue weighted by molar-refractivity contribution is 0.0137. The highest BCUT2D eigenvalue weighted by molar-refractivity contribution is 5.82. The zero-order valence-corrected chi connectivity index (χ0v) is 14.0. The molecule has 1 saturated heterocycles. The van der Waals surface area contributed by atoms with E-state index in [1.165, 1.54) is 0 Å². The van der Waals surface area contributed by atoms with E-state index in [1.54, 1.807) is 4.90 Å². The molecule has 2 heterocycles. The minimum Gasteiger partial charge on any atom is -0.444 e. The molecule has 2 rings (SSSR count). The first-order valence-electron chi connectivity index (χ1n) is 7.94. The topological polar surface area (TPSA) is 77.4 Å². The number of aliphatic hydroxyl groups is 1. The van der Waals surface area contributed by atoms with Gasteiger partial charge >= 0.3 is 6.09 Å². The van der Waals surface area contributed by atoms with Gasteiger partial charge in [-0.15, -0.1) is 0 Å².